The molecule has 0 saturated heterocycles. The summed E-state index contributed by atoms with van der Waals surface area (Å²) in [7, 11) is -2.08. The molecule has 0 saturated carbocycles. The predicted octanol–water partition coefficient (Wildman–Crippen LogP) is 1.22. The average molecular weight is 287 g/mol. The molecule has 1 N–H and O–H groups in total. The van der Waals surface area contributed by atoms with Crippen LogP contribution in [0, 0.1) is 0 Å². The Bertz CT molecular complexity index is 499. The molecule has 0 aliphatic rings. The van der Waals surface area contributed by atoms with E-state index < -0.39 is 10.0 Å². The SMILES string of the molecule is CC(C)OCCN(C)S(=O)(=O)c1ccccc1CO. The van der Waals surface area contributed by atoms with Crippen molar-refractivity contribution in [3.05, 3.63) is 29.8 Å². The number of hydrogen-bond donors (Lipinski definition) is 1. The van der Waals surface area contributed by atoms with Gasteiger partial charge in [0.2, 0.25) is 10.0 Å². The van der Waals surface area contributed by atoms with E-state index in [0.717, 1.165) is 0 Å². The fraction of sp³-hybridized carbons (Fsp3) is 0.538. The summed E-state index contributed by atoms with van der Waals surface area (Å²) >= 11 is 0. The Kier molecular flexibility index (Phi) is 5.93. The standard InChI is InChI=1S/C13H21NO4S/c1-11(2)18-9-8-14(3)19(16,17)13-7-5-4-6-12(13)10-15/h4-7,11,15H,8-10H2,1-3H3. The highest BCUT2D eigenvalue weighted by atomic mass is 32.2. The van der Waals surface area contributed by atoms with Gasteiger partial charge in [-0.25, -0.2) is 8.42 Å². The Morgan fingerprint density at radius 3 is 2.53 bits per heavy atom. The first-order chi connectivity index (χ1) is 8.89. The lowest BCUT2D eigenvalue weighted by Gasteiger charge is -2.19. The van der Waals surface area contributed by atoms with Crippen LogP contribution in [0.1, 0.15) is 19.4 Å². The lowest BCUT2D eigenvalue weighted by atomic mass is 10.2. The molecule has 0 unspecified atom stereocenters. The first kappa shape index (κ1) is 16.1. The molecule has 6 heteroatoms. The van der Waals surface area contributed by atoms with E-state index in [2.05, 4.69) is 0 Å². The van der Waals surface area contributed by atoms with Gasteiger partial charge in [-0.15, -0.1) is 0 Å². The maximum absolute atomic E-state index is 12.3. The average Bonchev–Trinajstić information content (AvgIpc) is 2.38. The van der Waals surface area contributed by atoms with E-state index >= 15 is 0 Å². The maximum atomic E-state index is 12.3. The number of rotatable bonds is 7. The monoisotopic (exact) mass is 287 g/mol. The number of sulfonamides is 1. The summed E-state index contributed by atoms with van der Waals surface area (Å²) in [6, 6.07) is 6.45. The van der Waals surface area contributed by atoms with Crippen molar-refractivity contribution in [2.45, 2.75) is 31.5 Å². The van der Waals surface area contributed by atoms with Gasteiger partial charge in [-0.2, -0.15) is 4.31 Å². The van der Waals surface area contributed by atoms with Crippen LogP contribution in [0.4, 0.5) is 0 Å². The third-order valence-corrected chi connectivity index (χ3v) is 4.65. The van der Waals surface area contributed by atoms with E-state index in [4.69, 9.17) is 4.74 Å². The van der Waals surface area contributed by atoms with E-state index in [9.17, 15) is 13.5 Å². The topological polar surface area (TPSA) is 66.8 Å². The molecule has 1 aromatic carbocycles. The van der Waals surface area contributed by atoms with Crippen LogP contribution < -0.4 is 0 Å². The molecule has 0 bridgehead atoms. The van der Waals surface area contributed by atoms with E-state index in [1.54, 1.807) is 18.2 Å². The van der Waals surface area contributed by atoms with Gasteiger partial charge in [0, 0.05) is 13.6 Å². The van der Waals surface area contributed by atoms with Gasteiger partial charge >= 0.3 is 0 Å². The molecule has 1 aromatic rings. The molecule has 5 nitrogen and oxygen atoms in total. The van der Waals surface area contributed by atoms with Crippen molar-refractivity contribution >= 4 is 10.0 Å². The molecule has 0 amide bonds. The quantitative estimate of drug-likeness (QED) is 0.819. The molecular formula is C13H21NO4S. The Balaban J connectivity index is 2.85. The van der Waals surface area contributed by atoms with Gasteiger partial charge in [-0.05, 0) is 25.5 Å². The molecule has 0 aliphatic heterocycles. The van der Waals surface area contributed by atoms with E-state index in [-0.39, 0.29) is 24.2 Å². The van der Waals surface area contributed by atoms with Gasteiger partial charge in [-0.1, -0.05) is 18.2 Å². The van der Waals surface area contributed by atoms with E-state index in [1.807, 2.05) is 13.8 Å². The number of aliphatic hydroxyl groups excluding tert-OH is 1. The molecule has 0 spiro atoms. The van der Waals surface area contributed by atoms with Crippen molar-refractivity contribution < 1.29 is 18.3 Å². The molecule has 0 aliphatic carbocycles. The summed E-state index contributed by atoms with van der Waals surface area (Å²) in [5.74, 6) is 0. The molecular weight excluding hydrogens is 266 g/mol. The summed E-state index contributed by atoms with van der Waals surface area (Å²) in [5.41, 5.74) is 0.402. The van der Waals surface area contributed by atoms with Gasteiger partial charge in [0.1, 0.15) is 0 Å². The second-order valence-electron chi connectivity index (χ2n) is 4.51. The first-order valence-corrected chi connectivity index (χ1v) is 7.60. The second-order valence-corrected chi connectivity index (χ2v) is 6.53. The normalized spacial score (nSPS) is 12.3. The minimum atomic E-state index is -3.59. The van der Waals surface area contributed by atoms with Crippen LogP contribution in [0.5, 0.6) is 0 Å². The Hall–Kier alpha value is -0.950. The summed E-state index contributed by atoms with van der Waals surface area (Å²) in [5, 5.41) is 9.20. The van der Waals surface area contributed by atoms with Crippen LogP contribution in [0.25, 0.3) is 0 Å². The molecule has 0 aromatic heterocycles. The first-order valence-electron chi connectivity index (χ1n) is 6.16. The van der Waals surface area contributed by atoms with Crippen molar-refractivity contribution in [3.8, 4) is 0 Å². The molecule has 1 rings (SSSR count). The van der Waals surface area contributed by atoms with Crippen molar-refractivity contribution in [3.63, 3.8) is 0 Å². The van der Waals surface area contributed by atoms with Crippen LogP contribution >= 0.6 is 0 Å². The smallest absolute Gasteiger partial charge is 0.243 e. The zero-order valence-electron chi connectivity index (χ0n) is 11.5. The Morgan fingerprint density at radius 2 is 1.95 bits per heavy atom. The number of likely N-dealkylation sites (N-methyl/N-ethyl adjacent to an activating group) is 1. The molecule has 0 fully saturated rings. The second kappa shape index (κ2) is 7.00. The zero-order valence-corrected chi connectivity index (χ0v) is 12.4. The number of benzene rings is 1. The minimum absolute atomic E-state index is 0.0702. The van der Waals surface area contributed by atoms with Gasteiger partial charge in [0.25, 0.3) is 0 Å². The molecule has 0 atom stereocenters. The number of aliphatic hydroxyl groups is 1. The van der Waals surface area contributed by atoms with Crippen LogP contribution in [-0.2, 0) is 21.4 Å². The number of hydrogen-bond acceptors (Lipinski definition) is 4. The lowest BCUT2D eigenvalue weighted by Crippen LogP contribution is -2.31. The summed E-state index contributed by atoms with van der Waals surface area (Å²) in [6.07, 6.45) is 0.0702. The highest BCUT2D eigenvalue weighted by Crippen LogP contribution is 2.19. The molecule has 19 heavy (non-hydrogen) atoms. The van der Waals surface area contributed by atoms with Crippen molar-refractivity contribution in [2.75, 3.05) is 20.2 Å². The fourth-order valence-electron chi connectivity index (χ4n) is 1.59. The van der Waals surface area contributed by atoms with Crippen molar-refractivity contribution in [1.29, 1.82) is 0 Å². The van der Waals surface area contributed by atoms with Crippen LogP contribution in [0.15, 0.2) is 29.2 Å². The van der Waals surface area contributed by atoms with Crippen molar-refractivity contribution in [1.82, 2.24) is 4.31 Å². The number of nitrogens with zero attached hydrogens (tertiary/aromatic N) is 1. The van der Waals surface area contributed by atoms with Gasteiger partial charge < -0.3 is 9.84 Å². The van der Waals surface area contributed by atoms with Gasteiger partial charge in [-0.3, -0.25) is 0 Å². The Labute approximate surface area is 114 Å². The lowest BCUT2D eigenvalue weighted by molar-refractivity contribution is 0.0737. The van der Waals surface area contributed by atoms with E-state index in [0.29, 0.717) is 12.2 Å². The Morgan fingerprint density at radius 1 is 1.32 bits per heavy atom. The summed E-state index contributed by atoms with van der Waals surface area (Å²) in [6.45, 7) is 4.12. The molecule has 0 heterocycles. The highest BCUT2D eigenvalue weighted by Gasteiger charge is 2.23. The van der Waals surface area contributed by atoms with Crippen molar-refractivity contribution in [2.24, 2.45) is 0 Å². The van der Waals surface area contributed by atoms with Gasteiger partial charge in [0.05, 0.1) is 24.2 Å². The third-order valence-electron chi connectivity index (χ3n) is 2.69. The van der Waals surface area contributed by atoms with Crippen LogP contribution in [0.2, 0.25) is 0 Å². The van der Waals surface area contributed by atoms with E-state index in [1.165, 1.54) is 17.4 Å². The van der Waals surface area contributed by atoms with Crippen LogP contribution in [-0.4, -0.2) is 44.1 Å². The molecule has 0 radical (unpaired) electrons. The molecule has 108 valence electrons. The van der Waals surface area contributed by atoms with Crippen LogP contribution in [0.3, 0.4) is 0 Å². The summed E-state index contributed by atoms with van der Waals surface area (Å²) < 4.78 is 31.3. The fourth-order valence-corrected chi connectivity index (χ4v) is 2.96. The number of ether oxygens (including phenoxy) is 1. The highest BCUT2D eigenvalue weighted by molar-refractivity contribution is 7.89. The summed E-state index contributed by atoms with van der Waals surface area (Å²) in [4.78, 5) is 0.143. The third kappa shape index (κ3) is 4.28. The zero-order chi connectivity index (χ0) is 14.5. The van der Waals surface area contributed by atoms with Gasteiger partial charge in [0.15, 0.2) is 0 Å². The predicted molar refractivity (Wildman–Crippen MR) is 73.3 cm³/mol. The minimum Gasteiger partial charge on any atom is -0.392 e. The largest absolute Gasteiger partial charge is 0.392 e. The maximum Gasteiger partial charge on any atom is 0.243 e.